The van der Waals surface area contributed by atoms with E-state index in [1.165, 1.54) is 14.2 Å². The lowest BCUT2D eigenvalue weighted by atomic mass is 10.1. The Labute approximate surface area is 187 Å². The molecule has 0 atom stereocenters. The van der Waals surface area contributed by atoms with E-state index in [1.54, 1.807) is 38.5 Å². The molecule has 1 N–H and O–H groups in total. The standard InChI is InChI=1S/C25H27NO6/c1-16-11-20(28-2)21(29-3)14-19(16)26-25(27)18-12-22(30-4)24(23(13-18)31-5)32-15-17-9-7-6-8-10-17/h6-14H,15H2,1-5H3,(H,26,27). The molecule has 0 fully saturated rings. The largest absolute Gasteiger partial charge is 0.493 e. The number of ether oxygens (including phenoxy) is 5. The van der Waals surface area contributed by atoms with Gasteiger partial charge in [0, 0.05) is 17.3 Å². The minimum absolute atomic E-state index is 0.327. The van der Waals surface area contributed by atoms with Crippen molar-refractivity contribution in [3.63, 3.8) is 0 Å². The minimum atomic E-state index is -0.327. The molecule has 0 bridgehead atoms. The Kier molecular flexibility index (Phi) is 7.44. The molecule has 1 amide bonds. The highest BCUT2D eigenvalue weighted by Crippen LogP contribution is 2.39. The first-order chi connectivity index (χ1) is 15.5. The number of hydrogen-bond acceptors (Lipinski definition) is 6. The first-order valence-electron chi connectivity index (χ1n) is 9.97. The lowest BCUT2D eigenvalue weighted by Gasteiger charge is -2.17. The van der Waals surface area contributed by atoms with Crippen LogP contribution in [0.4, 0.5) is 5.69 Å². The fourth-order valence-electron chi connectivity index (χ4n) is 3.19. The van der Waals surface area contributed by atoms with Crippen LogP contribution in [-0.4, -0.2) is 34.3 Å². The monoisotopic (exact) mass is 437 g/mol. The molecular formula is C25H27NO6. The van der Waals surface area contributed by atoms with Crippen LogP contribution in [0.1, 0.15) is 21.5 Å². The molecule has 0 heterocycles. The van der Waals surface area contributed by atoms with E-state index in [-0.39, 0.29) is 5.91 Å². The van der Waals surface area contributed by atoms with Crippen molar-refractivity contribution < 1.29 is 28.5 Å². The second kappa shape index (κ2) is 10.4. The van der Waals surface area contributed by atoms with E-state index in [1.807, 2.05) is 37.3 Å². The summed E-state index contributed by atoms with van der Waals surface area (Å²) in [6.07, 6.45) is 0. The van der Waals surface area contributed by atoms with Crippen molar-refractivity contribution in [1.29, 1.82) is 0 Å². The average molecular weight is 437 g/mol. The second-order valence-corrected chi connectivity index (χ2v) is 6.96. The number of amides is 1. The molecule has 0 aromatic heterocycles. The number of methoxy groups -OCH3 is 4. The third kappa shape index (κ3) is 5.06. The van der Waals surface area contributed by atoms with Crippen molar-refractivity contribution in [3.05, 3.63) is 71.3 Å². The van der Waals surface area contributed by atoms with Crippen LogP contribution in [0.15, 0.2) is 54.6 Å². The van der Waals surface area contributed by atoms with E-state index in [4.69, 9.17) is 23.7 Å². The van der Waals surface area contributed by atoms with E-state index < -0.39 is 0 Å². The molecule has 0 aliphatic rings. The summed E-state index contributed by atoms with van der Waals surface area (Å²) < 4.78 is 27.6. The molecule has 0 saturated heterocycles. The van der Waals surface area contributed by atoms with Crippen molar-refractivity contribution in [2.75, 3.05) is 33.8 Å². The van der Waals surface area contributed by atoms with Gasteiger partial charge in [0.25, 0.3) is 5.91 Å². The quantitative estimate of drug-likeness (QED) is 0.515. The lowest BCUT2D eigenvalue weighted by Crippen LogP contribution is -2.14. The number of carbonyl (C=O) groups excluding carboxylic acids is 1. The normalized spacial score (nSPS) is 10.3. The summed E-state index contributed by atoms with van der Waals surface area (Å²) in [7, 11) is 6.15. The fourth-order valence-corrected chi connectivity index (χ4v) is 3.19. The molecule has 7 nitrogen and oxygen atoms in total. The van der Waals surface area contributed by atoms with Gasteiger partial charge < -0.3 is 29.0 Å². The molecule has 32 heavy (non-hydrogen) atoms. The second-order valence-electron chi connectivity index (χ2n) is 6.96. The van der Waals surface area contributed by atoms with Crippen LogP contribution in [0.25, 0.3) is 0 Å². The lowest BCUT2D eigenvalue weighted by molar-refractivity contribution is 0.102. The Morgan fingerprint density at radius 3 is 1.91 bits per heavy atom. The van der Waals surface area contributed by atoms with Crippen molar-refractivity contribution in [3.8, 4) is 28.7 Å². The molecule has 0 unspecified atom stereocenters. The van der Waals surface area contributed by atoms with E-state index in [0.717, 1.165) is 11.1 Å². The molecule has 168 valence electrons. The molecule has 3 aromatic carbocycles. The summed E-state index contributed by atoms with van der Waals surface area (Å²) in [5.41, 5.74) is 2.80. The van der Waals surface area contributed by atoms with E-state index >= 15 is 0 Å². The molecule has 3 aromatic rings. The number of rotatable bonds is 9. The number of hydrogen-bond donors (Lipinski definition) is 1. The predicted molar refractivity (Wildman–Crippen MR) is 123 cm³/mol. The maximum atomic E-state index is 13.0. The fraction of sp³-hybridized carbons (Fsp3) is 0.240. The Morgan fingerprint density at radius 2 is 1.34 bits per heavy atom. The highest BCUT2D eigenvalue weighted by atomic mass is 16.5. The van der Waals surface area contributed by atoms with E-state index in [9.17, 15) is 4.79 Å². The summed E-state index contributed by atoms with van der Waals surface area (Å²) in [6, 6.07) is 16.5. The Balaban J connectivity index is 1.87. The average Bonchev–Trinajstić information content (AvgIpc) is 2.83. The van der Waals surface area contributed by atoms with Crippen LogP contribution in [0.5, 0.6) is 28.7 Å². The van der Waals surface area contributed by atoms with Crippen LogP contribution in [0.3, 0.4) is 0 Å². The van der Waals surface area contributed by atoms with Gasteiger partial charge in [-0.25, -0.2) is 0 Å². The maximum absolute atomic E-state index is 13.0. The zero-order chi connectivity index (χ0) is 23.1. The third-order valence-corrected chi connectivity index (χ3v) is 4.93. The third-order valence-electron chi connectivity index (χ3n) is 4.93. The van der Waals surface area contributed by atoms with Gasteiger partial charge in [0.15, 0.2) is 23.0 Å². The molecule has 3 rings (SSSR count). The topological polar surface area (TPSA) is 75.3 Å². The van der Waals surface area contributed by atoms with E-state index in [2.05, 4.69) is 5.32 Å². The van der Waals surface area contributed by atoms with Gasteiger partial charge in [-0.2, -0.15) is 0 Å². The first-order valence-corrected chi connectivity index (χ1v) is 9.97. The van der Waals surface area contributed by atoms with Crippen molar-refractivity contribution in [2.45, 2.75) is 13.5 Å². The highest BCUT2D eigenvalue weighted by Gasteiger charge is 2.19. The summed E-state index contributed by atoms with van der Waals surface area (Å²) in [6.45, 7) is 2.21. The summed E-state index contributed by atoms with van der Waals surface area (Å²) in [4.78, 5) is 13.0. The molecule has 7 heteroatoms. The molecule has 0 aliphatic carbocycles. The number of aryl methyl sites for hydroxylation is 1. The summed E-state index contributed by atoms with van der Waals surface area (Å²) in [5.74, 6) is 2.01. The SMILES string of the molecule is COc1cc(C)c(NC(=O)c2cc(OC)c(OCc3ccccc3)c(OC)c2)cc1OC. The Hall–Kier alpha value is -3.87. The van der Waals surface area contributed by atoms with Crippen molar-refractivity contribution in [1.82, 2.24) is 0 Å². The van der Waals surface area contributed by atoms with E-state index in [0.29, 0.717) is 46.6 Å². The first kappa shape index (κ1) is 22.8. The van der Waals surface area contributed by atoms with Gasteiger partial charge in [-0.15, -0.1) is 0 Å². The van der Waals surface area contributed by atoms with Gasteiger partial charge in [0.2, 0.25) is 5.75 Å². The van der Waals surface area contributed by atoms with Gasteiger partial charge in [0.05, 0.1) is 28.4 Å². The van der Waals surface area contributed by atoms with Crippen molar-refractivity contribution >= 4 is 11.6 Å². The maximum Gasteiger partial charge on any atom is 0.255 e. The van der Waals surface area contributed by atoms with Crippen LogP contribution < -0.4 is 29.0 Å². The zero-order valence-electron chi connectivity index (χ0n) is 18.9. The predicted octanol–water partition coefficient (Wildman–Crippen LogP) is 4.86. The molecular weight excluding hydrogens is 410 g/mol. The molecule has 0 radical (unpaired) electrons. The molecule has 0 spiro atoms. The summed E-state index contributed by atoms with van der Waals surface area (Å²) in [5, 5.41) is 2.91. The van der Waals surface area contributed by atoms with Crippen LogP contribution in [-0.2, 0) is 6.61 Å². The molecule has 0 saturated carbocycles. The smallest absolute Gasteiger partial charge is 0.255 e. The Bertz CT molecular complexity index is 1060. The van der Waals surface area contributed by atoms with Gasteiger partial charge in [-0.1, -0.05) is 30.3 Å². The minimum Gasteiger partial charge on any atom is -0.493 e. The van der Waals surface area contributed by atoms with Gasteiger partial charge in [-0.05, 0) is 36.2 Å². The van der Waals surface area contributed by atoms with Crippen molar-refractivity contribution in [2.24, 2.45) is 0 Å². The summed E-state index contributed by atoms with van der Waals surface area (Å²) >= 11 is 0. The molecule has 0 aliphatic heterocycles. The van der Waals surface area contributed by atoms with Crippen LogP contribution >= 0.6 is 0 Å². The van der Waals surface area contributed by atoms with Crippen LogP contribution in [0, 0.1) is 6.92 Å². The van der Waals surface area contributed by atoms with Gasteiger partial charge >= 0.3 is 0 Å². The highest BCUT2D eigenvalue weighted by molar-refractivity contribution is 6.05. The number of nitrogens with one attached hydrogen (secondary N) is 1. The van der Waals surface area contributed by atoms with Gasteiger partial charge in [-0.3, -0.25) is 4.79 Å². The Morgan fingerprint density at radius 1 is 0.781 bits per heavy atom. The van der Waals surface area contributed by atoms with Gasteiger partial charge in [0.1, 0.15) is 6.61 Å². The zero-order valence-corrected chi connectivity index (χ0v) is 18.9. The van der Waals surface area contributed by atoms with Crippen LogP contribution in [0.2, 0.25) is 0 Å². The number of carbonyl (C=O) groups is 1. The number of anilines is 1. The number of benzene rings is 3.